The first kappa shape index (κ1) is 13.3. The Labute approximate surface area is 89.8 Å². The number of carbonyl (C=O) groups excluding carboxylic acids is 1. The van der Waals surface area contributed by atoms with Gasteiger partial charge in [0.05, 0.1) is 12.7 Å². The molecule has 0 rings (SSSR count). The first-order valence-corrected chi connectivity index (χ1v) is 6.05. The zero-order valence-corrected chi connectivity index (χ0v) is 9.60. The summed E-state index contributed by atoms with van der Waals surface area (Å²) in [6, 6.07) is 1.97. The fourth-order valence-corrected chi connectivity index (χ4v) is 1.95. The predicted octanol–water partition coefficient (Wildman–Crippen LogP) is 2.22. The maximum Gasteiger partial charge on any atom is 0.324 e. The van der Waals surface area contributed by atoms with Crippen molar-refractivity contribution in [2.24, 2.45) is 5.92 Å². The van der Waals surface area contributed by atoms with Crippen molar-refractivity contribution in [3.63, 3.8) is 0 Å². The van der Waals surface area contributed by atoms with Crippen molar-refractivity contribution >= 4 is 17.7 Å². The van der Waals surface area contributed by atoms with Gasteiger partial charge >= 0.3 is 5.97 Å². The topological polar surface area (TPSA) is 50.1 Å². The largest absolute Gasteiger partial charge is 0.465 e. The van der Waals surface area contributed by atoms with E-state index in [9.17, 15) is 4.79 Å². The van der Waals surface area contributed by atoms with E-state index in [0.717, 1.165) is 18.6 Å². The van der Waals surface area contributed by atoms with Gasteiger partial charge in [0.1, 0.15) is 0 Å². The van der Waals surface area contributed by atoms with Crippen molar-refractivity contribution in [3.05, 3.63) is 0 Å². The molecule has 1 atom stereocenters. The van der Waals surface area contributed by atoms with Gasteiger partial charge in [0, 0.05) is 5.75 Å². The van der Waals surface area contributed by atoms with Crippen molar-refractivity contribution < 1.29 is 9.53 Å². The van der Waals surface area contributed by atoms with E-state index >= 15 is 0 Å². The van der Waals surface area contributed by atoms with Crippen LogP contribution in [-0.4, -0.2) is 24.1 Å². The Morgan fingerprint density at radius 2 is 2.29 bits per heavy atom. The van der Waals surface area contributed by atoms with E-state index in [0.29, 0.717) is 12.4 Å². The average Bonchev–Trinajstić information content (AvgIpc) is 2.18. The smallest absolute Gasteiger partial charge is 0.324 e. The molecule has 3 nitrogen and oxygen atoms in total. The summed E-state index contributed by atoms with van der Waals surface area (Å²) in [6.45, 7) is 4.21. The van der Waals surface area contributed by atoms with Crippen LogP contribution in [0, 0.1) is 17.2 Å². The molecule has 0 aliphatic carbocycles. The highest BCUT2D eigenvalue weighted by Crippen LogP contribution is 2.11. The second kappa shape index (κ2) is 8.89. The van der Waals surface area contributed by atoms with Crippen molar-refractivity contribution in [3.8, 4) is 6.07 Å². The lowest BCUT2D eigenvalue weighted by Gasteiger charge is -2.07. The van der Waals surface area contributed by atoms with Gasteiger partial charge in [-0.05, 0) is 19.1 Å². The molecule has 0 saturated carbocycles. The monoisotopic (exact) mass is 215 g/mol. The minimum Gasteiger partial charge on any atom is -0.465 e. The molecule has 0 bridgehead atoms. The zero-order valence-electron chi connectivity index (χ0n) is 8.78. The Morgan fingerprint density at radius 1 is 1.57 bits per heavy atom. The number of unbranched alkanes of at least 4 members (excludes halogenated alkanes) is 1. The second-order valence-electron chi connectivity index (χ2n) is 2.86. The highest BCUT2D eigenvalue weighted by atomic mass is 32.2. The Hall–Kier alpha value is -0.690. The molecule has 0 amide bonds. The number of rotatable bonds is 7. The van der Waals surface area contributed by atoms with Gasteiger partial charge in [-0.3, -0.25) is 4.79 Å². The quantitative estimate of drug-likeness (QED) is 0.482. The Morgan fingerprint density at radius 3 is 2.79 bits per heavy atom. The van der Waals surface area contributed by atoms with Crippen LogP contribution < -0.4 is 0 Å². The van der Waals surface area contributed by atoms with Crippen LogP contribution in [0.4, 0.5) is 0 Å². The minimum atomic E-state index is -0.600. The molecule has 14 heavy (non-hydrogen) atoms. The van der Waals surface area contributed by atoms with Crippen LogP contribution in [0.1, 0.15) is 26.7 Å². The molecule has 0 saturated heterocycles. The number of hydrogen-bond donors (Lipinski definition) is 0. The van der Waals surface area contributed by atoms with Crippen molar-refractivity contribution in [2.45, 2.75) is 26.7 Å². The maximum atomic E-state index is 11.2. The summed E-state index contributed by atoms with van der Waals surface area (Å²) in [6.07, 6.45) is 2.27. The summed E-state index contributed by atoms with van der Waals surface area (Å²) in [5, 5.41) is 8.72. The number of hydrogen-bond acceptors (Lipinski definition) is 4. The summed E-state index contributed by atoms with van der Waals surface area (Å²) >= 11 is 1.64. The molecule has 80 valence electrons. The third-order valence-electron chi connectivity index (χ3n) is 1.65. The molecule has 0 aliphatic heterocycles. The first-order chi connectivity index (χ1) is 6.76. The van der Waals surface area contributed by atoms with Crippen molar-refractivity contribution in [1.29, 1.82) is 5.26 Å². The maximum absolute atomic E-state index is 11.2. The molecular formula is C10H17NO2S. The van der Waals surface area contributed by atoms with Gasteiger partial charge in [-0.15, -0.1) is 0 Å². The highest BCUT2D eigenvalue weighted by Gasteiger charge is 2.18. The Balaban J connectivity index is 3.69. The normalized spacial score (nSPS) is 11.8. The third kappa shape index (κ3) is 5.87. The van der Waals surface area contributed by atoms with Crippen molar-refractivity contribution in [1.82, 2.24) is 0 Å². The summed E-state index contributed by atoms with van der Waals surface area (Å²) in [4.78, 5) is 11.2. The van der Waals surface area contributed by atoms with E-state index in [-0.39, 0.29) is 5.97 Å². The standard InChI is InChI=1S/C10H17NO2S/c1-3-5-6-14-8-9(7-11)10(12)13-4-2/h9H,3-6,8H2,1-2H3. The highest BCUT2D eigenvalue weighted by molar-refractivity contribution is 7.99. The average molecular weight is 215 g/mol. The van der Waals surface area contributed by atoms with Gasteiger partial charge in [-0.2, -0.15) is 17.0 Å². The van der Waals surface area contributed by atoms with E-state index in [2.05, 4.69) is 6.92 Å². The van der Waals surface area contributed by atoms with E-state index < -0.39 is 5.92 Å². The summed E-state index contributed by atoms with van der Waals surface area (Å²) in [5.74, 6) is 0.569. The molecule has 0 radical (unpaired) electrons. The zero-order chi connectivity index (χ0) is 10.8. The number of nitriles is 1. The first-order valence-electron chi connectivity index (χ1n) is 4.90. The molecule has 0 aromatic carbocycles. The number of nitrogens with zero attached hydrogens (tertiary/aromatic N) is 1. The Kier molecular flexibility index (Phi) is 8.45. The summed E-state index contributed by atoms with van der Waals surface area (Å²) in [5.41, 5.74) is 0. The van der Waals surface area contributed by atoms with Crippen molar-refractivity contribution in [2.75, 3.05) is 18.1 Å². The fourth-order valence-electron chi connectivity index (χ4n) is 0.848. The molecule has 0 fully saturated rings. The van der Waals surface area contributed by atoms with Gasteiger partial charge in [0.15, 0.2) is 5.92 Å². The fraction of sp³-hybridized carbons (Fsp3) is 0.800. The van der Waals surface area contributed by atoms with Crippen LogP contribution in [0.25, 0.3) is 0 Å². The Bertz CT molecular complexity index is 201. The van der Waals surface area contributed by atoms with E-state index in [1.54, 1.807) is 18.7 Å². The van der Waals surface area contributed by atoms with Crippen LogP contribution in [0.2, 0.25) is 0 Å². The number of ether oxygens (including phenoxy) is 1. The van der Waals surface area contributed by atoms with E-state index in [1.807, 2.05) is 6.07 Å². The molecule has 0 spiro atoms. The molecule has 1 unspecified atom stereocenters. The second-order valence-corrected chi connectivity index (χ2v) is 4.01. The van der Waals surface area contributed by atoms with E-state index in [1.165, 1.54) is 0 Å². The number of esters is 1. The summed E-state index contributed by atoms with van der Waals surface area (Å²) < 4.78 is 4.78. The number of thioether (sulfide) groups is 1. The van der Waals surface area contributed by atoms with Gasteiger partial charge in [-0.25, -0.2) is 0 Å². The molecule has 0 aromatic heterocycles. The lowest BCUT2D eigenvalue weighted by atomic mass is 10.2. The van der Waals surface area contributed by atoms with Crippen LogP contribution in [0.3, 0.4) is 0 Å². The van der Waals surface area contributed by atoms with Crippen LogP contribution in [0.15, 0.2) is 0 Å². The third-order valence-corrected chi connectivity index (χ3v) is 2.80. The van der Waals surface area contributed by atoms with Gasteiger partial charge in [-0.1, -0.05) is 13.3 Å². The summed E-state index contributed by atoms with van der Waals surface area (Å²) in [7, 11) is 0. The molecule has 4 heteroatoms. The van der Waals surface area contributed by atoms with Crippen LogP contribution in [-0.2, 0) is 9.53 Å². The van der Waals surface area contributed by atoms with Gasteiger partial charge < -0.3 is 4.74 Å². The van der Waals surface area contributed by atoms with Gasteiger partial charge in [0.2, 0.25) is 0 Å². The predicted molar refractivity (Wildman–Crippen MR) is 58.0 cm³/mol. The van der Waals surface area contributed by atoms with Crippen LogP contribution in [0.5, 0.6) is 0 Å². The SMILES string of the molecule is CCCCSCC(C#N)C(=O)OCC. The lowest BCUT2D eigenvalue weighted by molar-refractivity contribution is -0.145. The lowest BCUT2D eigenvalue weighted by Crippen LogP contribution is -2.18. The number of carbonyl (C=O) groups is 1. The molecular weight excluding hydrogens is 198 g/mol. The van der Waals surface area contributed by atoms with E-state index in [4.69, 9.17) is 10.00 Å². The van der Waals surface area contributed by atoms with Gasteiger partial charge in [0.25, 0.3) is 0 Å². The minimum absolute atomic E-state index is 0.344. The molecule has 0 N–H and O–H groups in total. The molecule has 0 aliphatic rings. The molecule has 0 aromatic rings. The molecule has 0 heterocycles. The van der Waals surface area contributed by atoms with Crippen LogP contribution >= 0.6 is 11.8 Å².